The summed E-state index contributed by atoms with van der Waals surface area (Å²) in [6.07, 6.45) is 1.32. The van der Waals surface area contributed by atoms with E-state index >= 15 is 0 Å². The number of imidazole rings is 1. The number of anilines is 2. The van der Waals surface area contributed by atoms with Crippen molar-refractivity contribution >= 4 is 23.3 Å². The number of hydrogen-bond acceptors (Lipinski definition) is 6. The second kappa shape index (κ2) is 5.39. The molecule has 0 fully saturated rings. The summed E-state index contributed by atoms with van der Waals surface area (Å²) < 4.78 is 5.94. The SMILES string of the molecule is COC(=O)c1ccccc1Nc1ncn(C)c1[N+](=O)[O-]. The summed E-state index contributed by atoms with van der Waals surface area (Å²) in [5.74, 6) is -0.662. The molecular weight excluding hydrogens is 264 g/mol. The third kappa shape index (κ3) is 2.44. The number of aryl methyl sites for hydroxylation is 1. The molecule has 0 spiro atoms. The Hall–Kier alpha value is -2.90. The van der Waals surface area contributed by atoms with Crippen LogP contribution in [-0.2, 0) is 11.8 Å². The second-order valence-corrected chi connectivity index (χ2v) is 3.95. The number of ether oxygens (including phenoxy) is 1. The normalized spacial score (nSPS) is 10.1. The average molecular weight is 276 g/mol. The standard InChI is InChI=1S/C12H12N4O4/c1-15-7-13-10(11(15)16(18)19)14-9-6-4-3-5-8(9)12(17)20-2/h3-7,14H,1-2H3. The van der Waals surface area contributed by atoms with Crippen LogP contribution >= 0.6 is 0 Å². The Bertz CT molecular complexity index is 665. The summed E-state index contributed by atoms with van der Waals surface area (Å²) in [5, 5.41) is 13.8. The maximum Gasteiger partial charge on any atom is 0.367 e. The fraction of sp³-hybridized carbons (Fsp3) is 0.167. The molecule has 8 nitrogen and oxygen atoms in total. The highest BCUT2D eigenvalue weighted by atomic mass is 16.6. The minimum absolute atomic E-state index is 0.0638. The average Bonchev–Trinajstić information content (AvgIpc) is 2.79. The molecule has 0 unspecified atom stereocenters. The molecule has 20 heavy (non-hydrogen) atoms. The first-order valence-corrected chi connectivity index (χ1v) is 5.64. The van der Waals surface area contributed by atoms with Crippen molar-refractivity contribution in [2.75, 3.05) is 12.4 Å². The molecule has 1 aromatic carbocycles. The van der Waals surface area contributed by atoms with Gasteiger partial charge in [-0.3, -0.25) is 0 Å². The van der Waals surface area contributed by atoms with Crippen molar-refractivity contribution in [3.05, 3.63) is 46.3 Å². The van der Waals surface area contributed by atoms with E-state index in [0.717, 1.165) is 0 Å². The molecule has 0 saturated carbocycles. The lowest BCUT2D eigenvalue weighted by atomic mass is 10.2. The van der Waals surface area contributed by atoms with Gasteiger partial charge in [-0.1, -0.05) is 12.1 Å². The van der Waals surface area contributed by atoms with Gasteiger partial charge in [0.05, 0.1) is 25.4 Å². The number of para-hydroxylation sites is 1. The van der Waals surface area contributed by atoms with E-state index in [-0.39, 0.29) is 17.2 Å². The Morgan fingerprint density at radius 3 is 2.80 bits per heavy atom. The molecule has 8 heteroatoms. The smallest absolute Gasteiger partial charge is 0.367 e. The summed E-state index contributed by atoms with van der Waals surface area (Å²) in [5.41, 5.74) is 0.663. The number of nitro groups is 1. The van der Waals surface area contributed by atoms with Gasteiger partial charge in [0, 0.05) is 0 Å². The highest BCUT2D eigenvalue weighted by Crippen LogP contribution is 2.27. The van der Waals surface area contributed by atoms with Gasteiger partial charge in [-0.2, -0.15) is 4.98 Å². The van der Waals surface area contributed by atoms with Crippen molar-refractivity contribution in [1.29, 1.82) is 0 Å². The van der Waals surface area contributed by atoms with Gasteiger partial charge in [0.2, 0.25) is 5.82 Å². The van der Waals surface area contributed by atoms with Crippen molar-refractivity contribution in [3.63, 3.8) is 0 Å². The van der Waals surface area contributed by atoms with Gasteiger partial charge in [-0.15, -0.1) is 0 Å². The maximum atomic E-state index is 11.6. The molecule has 0 radical (unpaired) electrons. The monoisotopic (exact) mass is 276 g/mol. The van der Waals surface area contributed by atoms with Crippen LogP contribution in [-0.4, -0.2) is 27.6 Å². The first kappa shape index (κ1) is 13.5. The van der Waals surface area contributed by atoms with Crippen LogP contribution in [0.5, 0.6) is 0 Å². The molecule has 0 saturated heterocycles. The number of methoxy groups -OCH3 is 1. The minimum Gasteiger partial charge on any atom is -0.465 e. The van der Waals surface area contributed by atoms with Crippen LogP contribution < -0.4 is 5.32 Å². The Kier molecular flexibility index (Phi) is 3.65. The van der Waals surface area contributed by atoms with Crippen LogP contribution in [0.1, 0.15) is 10.4 Å². The van der Waals surface area contributed by atoms with E-state index in [1.165, 1.54) is 25.1 Å². The minimum atomic E-state index is -0.546. The Labute approximate surface area is 114 Å². The molecule has 1 heterocycles. The molecule has 0 bridgehead atoms. The molecular formula is C12H12N4O4. The fourth-order valence-electron chi connectivity index (χ4n) is 1.73. The molecule has 2 aromatic rings. The van der Waals surface area contributed by atoms with E-state index in [2.05, 4.69) is 15.0 Å². The summed E-state index contributed by atoms with van der Waals surface area (Å²) in [6.45, 7) is 0. The molecule has 0 aliphatic heterocycles. The topological polar surface area (TPSA) is 99.3 Å². The Morgan fingerprint density at radius 1 is 1.45 bits per heavy atom. The number of benzene rings is 1. The van der Waals surface area contributed by atoms with Crippen LogP contribution in [0.15, 0.2) is 30.6 Å². The lowest BCUT2D eigenvalue weighted by molar-refractivity contribution is -0.390. The number of carbonyl (C=O) groups excluding carboxylic acids is 1. The lowest BCUT2D eigenvalue weighted by Crippen LogP contribution is -2.06. The van der Waals surface area contributed by atoms with E-state index in [0.29, 0.717) is 5.69 Å². The number of rotatable bonds is 4. The molecule has 1 N–H and O–H groups in total. The van der Waals surface area contributed by atoms with Gasteiger partial charge in [0.15, 0.2) is 6.33 Å². The Morgan fingerprint density at radius 2 is 2.15 bits per heavy atom. The van der Waals surface area contributed by atoms with Crippen molar-refractivity contribution in [3.8, 4) is 0 Å². The van der Waals surface area contributed by atoms with Crippen LogP contribution in [0.25, 0.3) is 0 Å². The zero-order chi connectivity index (χ0) is 14.7. The van der Waals surface area contributed by atoms with Crippen LogP contribution in [0.3, 0.4) is 0 Å². The molecule has 0 amide bonds. The molecule has 0 atom stereocenters. The zero-order valence-electron chi connectivity index (χ0n) is 10.9. The van der Waals surface area contributed by atoms with Gasteiger partial charge in [-0.25, -0.2) is 9.36 Å². The summed E-state index contributed by atoms with van der Waals surface area (Å²) >= 11 is 0. The largest absolute Gasteiger partial charge is 0.465 e. The highest BCUT2D eigenvalue weighted by Gasteiger charge is 2.21. The highest BCUT2D eigenvalue weighted by molar-refractivity contribution is 5.96. The number of nitrogens with one attached hydrogen (secondary N) is 1. The maximum absolute atomic E-state index is 11.6. The van der Waals surface area contributed by atoms with E-state index in [9.17, 15) is 14.9 Å². The van der Waals surface area contributed by atoms with Gasteiger partial charge in [0.1, 0.15) is 0 Å². The predicted molar refractivity (Wildman–Crippen MR) is 70.9 cm³/mol. The molecule has 0 aliphatic carbocycles. The van der Waals surface area contributed by atoms with Crippen LogP contribution in [0.4, 0.5) is 17.3 Å². The fourth-order valence-corrected chi connectivity index (χ4v) is 1.73. The van der Waals surface area contributed by atoms with Crippen molar-refractivity contribution in [1.82, 2.24) is 9.55 Å². The quantitative estimate of drug-likeness (QED) is 0.519. The number of esters is 1. The summed E-state index contributed by atoms with van der Waals surface area (Å²) in [4.78, 5) is 26.0. The number of hydrogen-bond donors (Lipinski definition) is 1. The molecule has 2 rings (SSSR count). The second-order valence-electron chi connectivity index (χ2n) is 3.95. The first-order chi connectivity index (χ1) is 9.54. The van der Waals surface area contributed by atoms with Crippen LogP contribution in [0, 0.1) is 10.1 Å². The molecule has 1 aromatic heterocycles. The summed E-state index contributed by atoms with van der Waals surface area (Å²) in [6, 6.07) is 6.54. The van der Waals surface area contributed by atoms with Crippen molar-refractivity contribution in [2.45, 2.75) is 0 Å². The van der Waals surface area contributed by atoms with E-state index < -0.39 is 10.9 Å². The third-order valence-corrected chi connectivity index (χ3v) is 2.66. The number of aromatic nitrogens is 2. The number of carbonyl (C=O) groups is 1. The van der Waals surface area contributed by atoms with Crippen LogP contribution in [0.2, 0.25) is 0 Å². The Balaban J connectivity index is 2.41. The summed E-state index contributed by atoms with van der Waals surface area (Å²) in [7, 11) is 2.78. The van der Waals surface area contributed by atoms with E-state index in [1.54, 1.807) is 24.3 Å². The van der Waals surface area contributed by atoms with E-state index in [1.807, 2.05) is 0 Å². The van der Waals surface area contributed by atoms with Gasteiger partial charge in [-0.05, 0) is 17.1 Å². The predicted octanol–water partition coefficient (Wildman–Crippen LogP) is 1.86. The van der Waals surface area contributed by atoms with Gasteiger partial charge >= 0.3 is 11.8 Å². The van der Waals surface area contributed by atoms with Crippen molar-refractivity contribution in [2.24, 2.45) is 7.05 Å². The number of nitrogens with zero attached hydrogens (tertiary/aromatic N) is 3. The van der Waals surface area contributed by atoms with Crippen molar-refractivity contribution < 1.29 is 14.5 Å². The lowest BCUT2D eigenvalue weighted by Gasteiger charge is -2.08. The third-order valence-electron chi connectivity index (χ3n) is 2.66. The zero-order valence-corrected chi connectivity index (χ0v) is 10.9. The van der Waals surface area contributed by atoms with Gasteiger partial charge in [0.25, 0.3) is 0 Å². The van der Waals surface area contributed by atoms with Gasteiger partial charge < -0.3 is 20.2 Å². The first-order valence-electron chi connectivity index (χ1n) is 5.64. The van der Waals surface area contributed by atoms with E-state index in [4.69, 9.17) is 0 Å². The molecule has 0 aliphatic rings. The molecule has 104 valence electrons.